The lowest BCUT2D eigenvalue weighted by molar-refractivity contribution is -0.145. The Morgan fingerprint density at radius 3 is 2.21 bits per heavy atom. The second kappa shape index (κ2) is 15.2. The van der Waals surface area contributed by atoms with Crippen LogP contribution in [0.1, 0.15) is 6.42 Å². The minimum atomic E-state index is -0.889. The van der Waals surface area contributed by atoms with Crippen LogP contribution in [0.3, 0.4) is 0 Å². The molecule has 0 unspecified atom stereocenters. The number of hydrogen-bond acceptors (Lipinski definition) is 8. The smallest absolute Gasteiger partial charge is 0.330 e. The van der Waals surface area contributed by atoms with Gasteiger partial charge in [0.15, 0.2) is 17.4 Å². The molecule has 0 fully saturated rings. The summed E-state index contributed by atoms with van der Waals surface area (Å²) in [7, 11) is 0. The molecule has 2 aromatic carbocycles. The van der Waals surface area contributed by atoms with Crippen molar-refractivity contribution >= 4 is 11.9 Å². The number of benzene rings is 2. The number of carbonyl (C=O) groups is 2. The van der Waals surface area contributed by atoms with Crippen LogP contribution in [0.2, 0.25) is 0 Å². The fourth-order valence-corrected chi connectivity index (χ4v) is 3.23. The predicted molar refractivity (Wildman–Crippen MR) is 133 cm³/mol. The van der Waals surface area contributed by atoms with Gasteiger partial charge >= 0.3 is 11.9 Å². The SMILES string of the molecule is C=CC(=O)OCCOc1c(F)cc(-c2ccc(OCCOC(=O)CCOCC3C=COC=C3)cc2)cc1F. The zero-order chi connectivity index (χ0) is 27.2. The van der Waals surface area contributed by atoms with Gasteiger partial charge in [0.05, 0.1) is 32.2 Å². The van der Waals surface area contributed by atoms with Crippen LogP contribution < -0.4 is 9.47 Å². The van der Waals surface area contributed by atoms with E-state index < -0.39 is 29.3 Å². The molecule has 10 heteroatoms. The molecule has 0 saturated carbocycles. The van der Waals surface area contributed by atoms with E-state index in [0.29, 0.717) is 23.5 Å². The summed E-state index contributed by atoms with van der Waals surface area (Å²) in [6.45, 7) is 3.77. The summed E-state index contributed by atoms with van der Waals surface area (Å²) in [4.78, 5) is 22.8. The predicted octanol–water partition coefficient (Wildman–Crippen LogP) is 4.74. The molecule has 0 bridgehead atoms. The van der Waals surface area contributed by atoms with Crippen LogP contribution in [-0.4, -0.2) is 51.6 Å². The number of rotatable bonds is 15. The molecular weight excluding hydrogens is 502 g/mol. The minimum Gasteiger partial charge on any atom is -0.490 e. The summed E-state index contributed by atoms with van der Waals surface area (Å²) in [5, 5.41) is 0. The summed E-state index contributed by atoms with van der Waals surface area (Å²) in [5.74, 6) is -2.76. The topological polar surface area (TPSA) is 89.5 Å². The molecule has 0 aromatic heterocycles. The zero-order valence-electron chi connectivity index (χ0n) is 20.6. The van der Waals surface area contributed by atoms with E-state index in [9.17, 15) is 18.4 Å². The number of ether oxygens (including phenoxy) is 6. The van der Waals surface area contributed by atoms with Gasteiger partial charge in [0, 0.05) is 12.0 Å². The molecule has 1 aliphatic heterocycles. The molecule has 8 nitrogen and oxygen atoms in total. The Hall–Kier alpha value is -4.18. The third-order valence-corrected chi connectivity index (χ3v) is 5.11. The van der Waals surface area contributed by atoms with Gasteiger partial charge in [-0.15, -0.1) is 0 Å². The van der Waals surface area contributed by atoms with Crippen LogP contribution in [0.15, 0.2) is 73.7 Å². The molecular formula is C28H28F2O8. The third-order valence-electron chi connectivity index (χ3n) is 5.11. The first-order valence-electron chi connectivity index (χ1n) is 11.8. The van der Waals surface area contributed by atoms with E-state index in [1.54, 1.807) is 36.8 Å². The highest BCUT2D eigenvalue weighted by Crippen LogP contribution is 2.30. The Balaban J connectivity index is 1.37. The third kappa shape index (κ3) is 9.36. The molecule has 202 valence electrons. The van der Waals surface area contributed by atoms with Crippen LogP contribution >= 0.6 is 0 Å². The van der Waals surface area contributed by atoms with E-state index >= 15 is 0 Å². The number of hydrogen-bond donors (Lipinski definition) is 0. The molecule has 0 atom stereocenters. The lowest BCUT2D eigenvalue weighted by Crippen LogP contribution is -2.15. The van der Waals surface area contributed by atoms with Gasteiger partial charge in [-0.3, -0.25) is 4.79 Å². The number of halogens is 2. The van der Waals surface area contributed by atoms with E-state index in [1.807, 2.05) is 12.2 Å². The molecule has 0 amide bonds. The van der Waals surface area contributed by atoms with Gasteiger partial charge in [0.25, 0.3) is 0 Å². The van der Waals surface area contributed by atoms with Crippen molar-refractivity contribution in [1.29, 1.82) is 0 Å². The maximum atomic E-state index is 14.4. The van der Waals surface area contributed by atoms with Crippen molar-refractivity contribution in [2.24, 2.45) is 5.92 Å². The maximum Gasteiger partial charge on any atom is 0.330 e. The van der Waals surface area contributed by atoms with Crippen molar-refractivity contribution < 1.29 is 46.8 Å². The quantitative estimate of drug-likeness (QED) is 0.185. The van der Waals surface area contributed by atoms with Crippen molar-refractivity contribution in [2.75, 3.05) is 39.6 Å². The van der Waals surface area contributed by atoms with Crippen LogP contribution in [0.25, 0.3) is 11.1 Å². The Morgan fingerprint density at radius 2 is 1.53 bits per heavy atom. The van der Waals surface area contributed by atoms with E-state index in [1.165, 1.54) is 0 Å². The maximum absolute atomic E-state index is 14.4. The van der Waals surface area contributed by atoms with Gasteiger partial charge in [-0.25, -0.2) is 13.6 Å². The Morgan fingerprint density at radius 1 is 0.868 bits per heavy atom. The van der Waals surface area contributed by atoms with Crippen molar-refractivity contribution in [3.63, 3.8) is 0 Å². The monoisotopic (exact) mass is 530 g/mol. The van der Waals surface area contributed by atoms with Gasteiger partial charge in [-0.1, -0.05) is 18.7 Å². The molecule has 0 aliphatic carbocycles. The molecule has 38 heavy (non-hydrogen) atoms. The highest BCUT2D eigenvalue weighted by molar-refractivity contribution is 5.81. The molecule has 0 radical (unpaired) electrons. The van der Waals surface area contributed by atoms with Crippen LogP contribution in [-0.2, 0) is 28.5 Å². The standard InChI is InChI=1S/C28H28F2O8/c1-2-26(31)36-15-16-38-28-24(29)17-22(18-25(28)30)21-3-5-23(6-4-21)35-13-14-37-27(32)9-12-34-19-20-7-10-33-11-8-20/h2-8,10-11,17-18,20H,1,9,12-16,19H2. The lowest BCUT2D eigenvalue weighted by atomic mass is 10.0. The fraction of sp³-hybridized carbons (Fsp3) is 0.286. The van der Waals surface area contributed by atoms with E-state index in [0.717, 1.165) is 18.2 Å². The van der Waals surface area contributed by atoms with Crippen molar-refractivity contribution in [3.8, 4) is 22.6 Å². The van der Waals surface area contributed by atoms with Gasteiger partial charge < -0.3 is 28.4 Å². The van der Waals surface area contributed by atoms with Gasteiger partial charge in [0.1, 0.15) is 32.2 Å². The van der Waals surface area contributed by atoms with Crippen molar-refractivity contribution in [1.82, 2.24) is 0 Å². The number of esters is 2. The average molecular weight is 531 g/mol. The molecule has 0 N–H and O–H groups in total. The summed E-state index contributed by atoms with van der Waals surface area (Å²) in [5.41, 5.74) is 0.858. The van der Waals surface area contributed by atoms with E-state index in [-0.39, 0.29) is 45.4 Å². The summed E-state index contributed by atoms with van der Waals surface area (Å²) in [6.07, 6.45) is 8.00. The van der Waals surface area contributed by atoms with Crippen LogP contribution in [0.4, 0.5) is 8.78 Å². The Bertz CT molecular complexity index is 1110. The normalized spacial score (nSPS) is 12.5. The molecule has 1 aliphatic rings. The Kier molecular flexibility index (Phi) is 11.3. The first-order chi connectivity index (χ1) is 18.5. The zero-order valence-corrected chi connectivity index (χ0v) is 20.6. The summed E-state index contributed by atoms with van der Waals surface area (Å²) in [6, 6.07) is 8.85. The van der Waals surface area contributed by atoms with Gasteiger partial charge in [-0.2, -0.15) is 0 Å². The van der Waals surface area contributed by atoms with E-state index in [4.69, 9.17) is 28.4 Å². The molecule has 0 spiro atoms. The Labute approximate surface area is 219 Å². The van der Waals surface area contributed by atoms with Gasteiger partial charge in [0.2, 0.25) is 0 Å². The van der Waals surface area contributed by atoms with Crippen LogP contribution in [0.5, 0.6) is 11.5 Å². The van der Waals surface area contributed by atoms with Crippen molar-refractivity contribution in [3.05, 3.63) is 85.4 Å². The average Bonchev–Trinajstić information content (AvgIpc) is 2.93. The first-order valence-corrected chi connectivity index (χ1v) is 11.8. The van der Waals surface area contributed by atoms with Crippen molar-refractivity contribution in [2.45, 2.75) is 6.42 Å². The minimum absolute atomic E-state index is 0.0662. The highest BCUT2D eigenvalue weighted by atomic mass is 19.1. The largest absolute Gasteiger partial charge is 0.490 e. The summed E-state index contributed by atoms with van der Waals surface area (Å²) >= 11 is 0. The van der Waals surface area contributed by atoms with Crippen LogP contribution in [0, 0.1) is 17.6 Å². The second-order valence-electron chi connectivity index (χ2n) is 7.86. The molecule has 3 rings (SSSR count). The van der Waals surface area contributed by atoms with Gasteiger partial charge in [-0.05, 0) is 47.5 Å². The van der Waals surface area contributed by atoms with E-state index in [2.05, 4.69) is 6.58 Å². The lowest BCUT2D eigenvalue weighted by Gasteiger charge is -2.12. The fourth-order valence-electron chi connectivity index (χ4n) is 3.23. The second-order valence-corrected chi connectivity index (χ2v) is 7.86. The summed E-state index contributed by atoms with van der Waals surface area (Å²) < 4.78 is 59.7. The molecule has 0 saturated heterocycles. The highest BCUT2D eigenvalue weighted by Gasteiger charge is 2.14. The first kappa shape index (κ1) is 28.4. The molecule has 2 aromatic rings. The number of carbonyl (C=O) groups excluding carboxylic acids is 2. The molecule has 1 heterocycles.